The first-order valence-electron chi connectivity index (χ1n) is 9.56. The number of aromatic nitrogens is 1. The number of likely N-dealkylation sites (N-methyl/N-ethyl adjacent to an activating group) is 1. The number of rotatable bonds is 9. The standard InChI is InChI=1S/C21H32N2O2/c1-4-23(12-16-7-9-22-10-8-16)13-19(24)15-25-14-17-5-6-18-11-20(17)21(18,2)3/h5,7-10,18-20,24H,4,6,11-15H2,1-3H3/t18-,19+,20+/m0/s1. The summed E-state index contributed by atoms with van der Waals surface area (Å²) in [6.07, 6.45) is 8.06. The minimum absolute atomic E-state index is 0.404. The number of allylic oxidation sites excluding steroid dienone is 1. The Morgan fingerprint density at radius 2 is 2.12 bits per heavy atom. The van der Waals surface area contributed by atoms with Crippen molar-refractivity contribution in [3.05, 3.63) is 41.7 Å². The summed E-state index contributed by atoms with van der Waals surface area (Å²) < 4.78 is 5.86. The average molecular weight is 344 g/mol. The highest BCUT2D eigenvalue weighted by atomic mass is 16.5. The summed E-state index contributed by atoms with van der Waals surface area (Å²) in [4.78, 5) is 6.29. The van der Waals surface area contributed by atoms with E-state index in [0.29, 0.717) is 31.1 Å². The fourth-order valence-corrected chi connectivity index (χ4v) is 4.36. The molecule has 3 aliphatic rings. The summed E-state index contributed by atoms with van der Waals surface area (Å²) in [5.41, 5.74) is 3.11. The minimum Gasteiger partial charge on any atom is -0.389 e. The van der Waals surface area contributed by atoms with Gasteiger partial charge in [0.05, 0.1) is 19.3 Å². The summed E-state index contributed by atoms with van der Waals surface area (Å²) in [5.74, 6) is 1.54. The van der Waals surface area contributed by atoms with E-state index in [0.717, 1.165) is 19.0 Å². The van der Waals surface area contributed by atoms with E-state index in [9.17, 15) is 5.11 Å². The third kappa shape index (κ3) is 4.30. The Balaban J connectivity index is 1.40. The van der Waals surface area contributed by atoms with Gasteiger partial charge in [0.1, 0.15) is 0 Å². The molecule has 1 N–H and O–H groups in total. The number of fused-ring (bicyclic) bond motifs is 1. The van der Waals surface area contributed by atoms with Gasteiger partial charge in [-0.1, -0.05) is 26.8 Å². The quantitative estimate of drug-likeness (QED) is 0.699. The van der Waals surface area contributed by atoms with E-state index in [-0.39, 0.29) is 0 Å². The Morgan fingerprint density at radius 1 is 1.36 bits per heavy atom. The fourth-order valence-electron chi connectivity index (χ4n) is 4.36. The number of nitrogens with zero attached hydrogens (tertiary/aromatic N) is 2. The second-order valence-electron chi connectivity index (χ2n) is 8.17. The first-order valence-corrected chi connectivity index (χ1v) is 9.56. The van der Waals surface area contributed by atoms with Crippen molar-refractivity contribution in [2.75, 3.05) is 26.3 Å². The molecular weight excluding hydrogens is 312 g/mol. The highest BCUT2D eigenvalue weighted by Crippen LogP contribution is 2.59. The monoisotopic (exact) mass is 344 g/mol. The molecule has 25 heavy (non-hydrogen) atoms. The van der Waals surface area contributed by atoms with Crippen molar-refractivity contribution >= 4 is 0 Å². The first kappa shape index (κ1) is 18.6. The highest BCUT2D eigenvalue weighted by Gasteiger charge is 2.50. The van der Waals surface area contributed by atoms with Crippen LogP contribution in [0.2, 0.25) is 0 Å². The van der Waals surface area contributed by atoms with Crippen molar-refractivity contribution in [3.63, 3.8) is 0 Å². The van der Waals surface area contributed by atoms with Crippen molar-refractivity contribution in [1.29, 1.82) is 0 Å². The molecule has 1 heterocycles. The number of hydrogen-bond acceptors (Lipinski definition) is 4. The maximum atomic E-state index is 10.3. The number of aliphatic hydroxyl groups excluding tert-OH is 1. The van der Waals surface area contributed by atoms with Crippen molar-refractivity contribution < 1.29 is 9.84 Å². The van der Waals surface area contributed by atoms with E-state index in [1.165, 1.54) is 24.0 Å². The predicted molar refractivity (Wildman–Crippen MR) is 100 cm³/mol. The SMILES string of the molecule is CCN(Cc1ccncc1)C[C@@H](O)COCC1=CC[C@H]2C[C@H]1C2(C)C. The van der Waals surface area contributed by atoms with Crippen molar-refractivity contribution in [1.82, 2.24) is 9.88 Å². The van der Waals surface area contributed by atoms with Gasteiger partial charge in [-0.25, -0.2) is 0 Å². The van der Waals surface area contributed by atoms with Gasteiger partial charge in [-0.15, -0.1) is 0 Å². The lowest BCUT2D eigenvalue weighted by molar-refractivity contribution is -0.0262. The van der Waals surface area contributed by atoms with Gasteiger partial charge in [0.2, 0.25) is 0 Å². The van der Waals surface area contributed by atoms with Gasteiger partial charge >= 0.3 is 0 Å². The molecular formula is C21H32N2O2. The molecule has 4 heteroatoms. The van der Waals surface area contributed by atoms with Crippen LogP contribution in [-0.2, 0) is 11.3 Å². The van der Waals surface area contributed by atoms with Gasteiger partial charge in [0, 0.05) is 25.5 Å². The molecule has 0 aromatic carbocycles. The number of pyridine rings is 1. The predicted octanol–water partition coefficient (Wildman–Crippen LogP) is 3.27. The van der Waals surface area contributed by atoms with Crippen molar-refractivity contribution in [2.24, 2.45) is 17.3 Å². The van der Waals surface area contributed by atoms with Gasteiger partial charge < -0.3 is 9.84 Å². The molecule has 0 radical (unpaired) electrons. The molecule has 1 fully saturated rings. The van der Waals surface area contributed by atoms with Crippen LogP contribution in [0.3, 0.4) is 0 Å². The topological polar surface area (TPSA) is 45.6 Å². The van der Waals surface area contributed by atoms with Crippen LogP contribution < -0.4 is 0 Å². The minimum atomic E-state index is -0.451. The lowest BCUT2D eigenvalue weighted by Gasteiger charge is -2.56. The Bertz CT molecular complexity index is 585. The second kappa shape index (κ2) is 7.98. The molecule has 2 bridgehead atoms. The first-order chi connectivity index (χ1) is 12.0. The van der Waals surface area contributed by atoms with Crippen LogP contribution in [0.1, 0.15) is 39.2 Å². The lowest BCUT2D eigenvalue weighted by Crippen LogP contribution is -2.48. The Hall–Kier alpha value is -1.23. The molecule has 4 rings (SSSR count). The van der Waals surface area contributed by atoms with E-state index >= 15 is 0 Å². The molecule has 0 aliphatic heterocycles. The Labute approximate surface area is 151 Å². The van der Waals surface area contributed by atoms with Crippen LogP contribution in [0.25, 0.3) is 0 Å². The number of ether oxygens (including phenoxy) is 1. The van der Waals surface area contributed by atoms with Crippen molar-refractivity contribution in [2.45, 2.75) is 46.3 Å². The summed E-state index contributed by atoms with van der Waals surface area (Å²) in [6.45, 7) is 10.3. The summed E-state index contributed by atoms with van der Waals surface area (Å²) in [6, 6.07) is 4.05. The highest BCUT2D eigenvalue weighted by molar-refractivity contribution is 5.23. The van der Waals surface area contributed by atoms with E-state index in [2.05, 4.69) is 36.7 Å². The summed E-state index contributed by atoms with van der Waals surface area (Å²) in [7, 11) is 0. The van der Waals surface area contributed by atoms with E-state index in [1.54, 1.807) is 0 Å². The molecule has 0 saturated heterocycles. The third-order valence-electron chi connectivity index (χ3n) is 6.23. The molecule has 1 aromatic heterocycles. The zero-order valence-corrected chi connectivity index (χ0v) is 15.8. The zero-order chi connectivity index (χ0) is 17.9. The molecule has 1 saturated carbocycles. The largest absolute Gasteiger partial charge is 0.389 e. The van der Waals surface area contributed by atoms with Gasteiger partial charge in [-0.2, -0.15) is 0 Å². The molecule has 1 aromatic rings. The van der Waals surface area contributed by atoms with E-state index < -0.39 is 6.10 Å². The Morgan fingerprint density at radius 3 is 2.76 bits per heavy atom. The number of hydrogen-bond donors (Lipinski definition) is 1. The van der Waals surface area contributed by atoms with E-state index in [4.69, 9.17) is 4.74 Å². The average Bonchev–Trinajstić information content (AvgIpc) is 2.62. The zero-order valence-electron chi connectivity index (χ0n) is 15.8. The van der Waals surface area contributed by atoms with Gasteiger partial charge in [0.25, 0.3) is 0 Å². The molecule has 4 nitrogen and oxygen atoms in total. The van der Waals surface area contributed by atoms with Gasteiger partial charge in [0.15, 0.2) is 0 Å². The van der Waals surface area contributed by atoms with Gasteiger partial charge in [-0.3, -0.25) is 9.88 Å². The van der Waals surface area contributed by atoms with Crippen LogP contribution in [0.5, 0.6) is 0 Å². The molecule has 3 aliphatic carbocycles. The molecule has 0 spiro atoms. The van der Waals surface area contributed by atoms with Crippen LogP contribution in [0.4, 0.5) is 0 Å². The van der Waals surface area contributed by atoms with E-state index in [1.807, 2.05) is 24.5 Å². The maximum absolute atomic E-state index is 10.3. The molecule has 3 atom stereocenters. The van der Waals surface area contributed by atoms with Crippen molar-refractivity contribution in [3.8, 4) is 0 Å². The lowest BCUT2D eigenvalue weighted by atomic mass is 9.49. The van der Waals surface area contributed by atoms with Crippen LogP contribution in [0.15, 0.2) is 36.2 Å². The third-order valence-corrected chi connectivity index (χ3v) is 6.23. The fraction of sp³-hybridized carbons (Fsp3) is 0.667. The van der Waals surface area contributed by atoms with Crippen LogP contribution in [0, 0.1) is 17.3 Å². The second-order valence-corrected chi connectivity index (χ2v) is 8.17. The normalized spacial score (nSPS) is 25.4. The number of aliphatic hydroxyl groups is 1. The molecule has 0 unspecified atom stereocenters. The molecule has 138 valence electrons. The summed E-state index contributed by atoms with van der Waals surface area (Å²) in [5, 5.41) is 10.3. The maximum Gasteiger partial charge on any atom is 0.0900 e. The van der Waals surface area contributed by atoms with Gasteiger partial charge in [-0.05, 0) is 59.9 Å². The smallest absolute Gasteiger partial charge is 0.0900 e. The van der Waals surface area contributed by atoms with Crippen LogP contribution in [-0.4, -0.2) is 47.4 Å². The summed E-state index contributed by atoms with van der Waals surface area (Å²) >= 11 is 0. The van der Waals surface area contributed by atoms with Crippen LogP contribution >= 0.6 is 0 Å². The molecule has 0 amide bonds. The Kier molecular flexibility index (Phi) is 5.92.